The van der Waals surface area contributed by atoms with E-state index in [1.54, 1.807) is 0 Å². The molecule has 0 aliphatic carbocycles. The zero-order chi connectivity index (χ0) is 9.68. The molecule has 0 saturated carbocycles. The predicted octanol–water partition coefficient (Wildman–Crippen LogP) is -0.416. The number of nitrogens with one attached hydrogen (secondary N) is 3. The van der Waals surface area contributed by atoms with Crippen molar-refractivity contribution in [1.82, 2.24) is 16.0 Å². The number of urea groups is 1. The third kappa shape index (κ3) is 2.93. The average Bonchev–Trinajstić information content (AvgIpc) is 2.32. The molecule has 1 heterocycles. The summed E-state index contributed by atoms with van der Waals surface area (Å²) < 4.78 is 0. The zero-order valence-electron chi connectivity index (χ0n) is 7.72. The smallest absolute Gasteiger partial charge is 0.315 e. The van der Waals surface area contributed by atoms with Crippen LogP contribution in [0.5, 0.6) is 0 Å². The molecule has 13 heavy (non-hydrogen) atoms. The second-order valence-electron chi connectivity index (χ2n) is 3.06. The molecule has 1 saturated heterocycles. The minimum Gasteiger partial charge on any atom is -0.354 e. The highest BCUT2D eigenvalue weighted by Gasteiger charge is 2.21. The molecule has 3 N–H and O–H groups in total. The van der Waals surface area contributed by atoms with Crippen molar-refractivity contribution in [3.05, 3.63) is 0 Å². The summed E-state index contributed by atoms with van der Waals surface area (Å²) in [6.07, 6.45) is 2.67. The summed E-state index contributed by atoms with van der Waals surface area (Å²) in [5.74, 6) is -0.0823. The van der Waals surface area contributed by atoms with Crippen molar-refractivity contribution in [2.75, 3.05) is 13.6 Å². The van der Waals surface area contributed by atoms with Gasteiger partial charge in [-0.25, -0.2) is 4.79 Å². The van der Waals surface area contributed by atoms with Crippen LogP contribution >= 0.6 is 0 Å². The van der Waals surface area contributed by atoms with Gasteiger partial charge in [-0.1, -0.05) is 0 Å². The first-order valence-corrected chi connectivity index (χ1v) is 4.50. The van der Waals surface area contributed by atoms with Gasteiger partial charge >= 0.3 is 6.03 Å². The number of amides is 3. The van der Waals surface area contributed by atoms with Crippen molar-refractivity contribution < 1.29 is 9.59 Å². The summed E-state index contributed by atoms with van der Waals surface area (Å²) in [6, 6.07) is -0.676. The van der Waals surface area contributed by atoms with Crippen molar-refractivity contribution in [3.63, 3.8) is 0 Å². The Labute approximate surface area is 77.3 Å². The van der Waals surface area contributed by atoms with Crippen LogP contribution in [0, 0.1) is 0 Å². The number of rotatable bonds is 1. The lowest BCUT2D eigenvalue weighted by atomic mass is 10.1. The Bertz CT molecular complexity index is 206. The number of carbonyl (C=O) groups is 2. The van der Waals surface area contributed by atoms with Crippen molar-refractivity contribution in [2.24, 2.45) is 0 Å². The molecule has 1 fully saturated rings. The maximum atomic E-state index is 11.3. The molecule has 0 spiro atoms. The normalized spacial score (nSPS) is 22.8. The van der Waals surface area contributed by atoms with E-state index >= 15 is 0 Å². The van der Waals surface area contributed by atoms with Crippen LogP contribution in [0.1, 0.15) is 19.3 Å². The number of hydrogen-bond acceptors (Lipinski definition) is 2. The minimum absolute atomic E-state index is 0.0823. The molecule has 1 aliphatic rings. The predicted molar refractivity (Wildman–Crippen MR) is 48.2 cm³/mol. The number of carbonyl (C=O) groups excluding carboxylic acids is 2. The van der Waals surface area contributed by atoms with Crippen LogP contribution in [0.3, 0.4) is 0 Å². The lowest BCUT2D eigenvalue weighted by Crippen LogP contribution is -2.48. The van der Waals surface area contributed by atoms with Crippen LogP contribution < -0.4 is 16.0 Å². The SMILES string of the molecule is CNC(=O)NC1CCCCNC1=O. The summed E-state index contributed by atoms with van der Waals surface area (Å²) in [5, 5.41) is 7.76. The van der Waals surface area contributed by atoms with Gasteiger partial charge in [-0.2, -0.15) is 0 Å². The Morgan fingerprint density at radius 3 is 3.00 bits per heavy atom. The molecular formula is C8H15N3O2. The quantitative estimate of drug-likeness (QED) is 0.519. The van der Waals surface area contributed by atoms with Gasteiger partial charge in [0, 0.05) is 13.6 Å². The van der Waals surface area contributed by atoms with Gasteiger partial charge in [0.25, 0.3) is 0 Å². The molecule has 74 valence electrons. The summed E-state index contributed by atoms with van der Waals surface area (Å²) in [7, 11) is 1.53. The van der Waals surface area contributed by atoms with Gasteiger partial charge in [0.15, 0.2) is 0 Å². The van der Waals surface area contributed by atoms with Gasteiger partial charge in [-0.3, -0.25) is 4.79 Å². The highest BCUT2D eigenvalue weighted by atomic mass is 16.2. The van der Waals surface area contributed by atoms with Gasteiger partial charge in [0.1, 0.15) is 6.04 Å². The lowest BCUT2D eigenvalue weighted by Gasteiger charge is -2.14. The van der Waals surface area contributed by atoms with E-state index < -0.39 is 0 Å². The molecule has 3 amide bonds. The van der Waals surface area contributed by atoms with Gasteiger partial charge < -0.3 is 16.0 Å². The summed E-state index contributed by atoms with van der Waals surface area (Å²) in [6.45, 7) is 0.713. The van der Waals surface area contributed by atoms with Crippen LogP contribution in [0.15, 0.2) is 0 Å². The van der Waals surface area contributed by atoms with Crippen LogP contribution in [0.4, 0.5) is 4.79 Å². The van der Waals surface area contributed by atoms with Crippen molar-refractivity contribution in [3.8, 4) is 0 Å². The van der Waals surface area contributed by atoms with Crippen molar-refractivity contribution in [1.29, 1.82) is 0 Å². The largest absolute Gasteiger partial charge is 0.354 e. The monoisotopic (exact) mass is 185 g/mol. The van der Waals surface area contributed by atoms with Crippen LogP contribution in [0.2, 0.25) is 0 Å². The van der Waals surface area contributed by atoms with Crippen LogP contribution in [-0.2, 0) is 4.79 Å². The third-order valence-electron chi connectivity index (χ3n) is 2.07. The molecule has 1 atom stereocenters. The van der Waals surface area contributed by atoms with Gasteiger partial charge in [0.2, 0.25) is 5.91 Å². The molecule has 0 aromatic carbocycles. The number of hydrogen-bond donors (Lipinski definition) is 3. The summed E-state index contributed by atoms with van der Waals surface area (Å²) in [5.41, 5.74) is 0. The maximum absolute atomic E-state index is 11.3. The maximum Gasteiger partial charge on any atom is 0.315 e. The Kier molecular flexibility index (Phi) is 3.54. The Morgan fingerprint density at radius 1 is 1.54 bits per heavy atom. The fourth-order valence-electron chi connectivity index (χ4n) is 1.31. The molecular weight excluding hydrogens is 170 g/mol. The second kappa shape index (κ2) is 4.69. The highest BCUT2D eigenvalue weighted by molar-refractivity contribution is 5.87. The van der Waals surface area contributed by atoms with Crippen LogP contribution in [0.25, 0.3) is 0 Å². The Hall–Kier alpha value is -1.26. The molecule has 0 radical (unpaired) electrons. The fraction of sp³-hybridized carbons (Fsp3) is 0.750. The first kappa shape index (κ1) is 9.83. The molecule has 1 aliphatic heterocycles. The topological polar surface area (TPSA) is 70.2 Å². The molecule has 0 aromatic rings. The Morgan fingerprint density at radius 2 is 2.31 bits per heavy atom. The summed E-state index contributed by atoms with van der Waals surface area (Å²) in [4.78, 5) is 22.2. The molecule has 0 aromatic heterocycles. The highest BCUT2D eigenvalue weighted by Crippen LogP contribution is 2.04. The van der Waals surface area contributed by atoms with Gasteiger partial charge in [-0.15, -0.1) is 0 Å². The van der Waals surface area contributed by atoms with E-state index in [1.807, 2.05) is 0 Å². The second-order valence-corrected chi connectivity index (χ2v) is 3.06. The van der Waals surface area contributed by atoms with E-state index in [2.05, 4.69) is 16.0 Å². The molecule has 1 rings (SSSR count). The first-order valence-electron chi connectivity index (χ1n) is 4.50. The molecule has 5 heteroatoms. The lowest BCUT2D eigenvalue weighted by molar-refractivity contribution is -0.122. The first-order chi connectivity index (χ1) is 6.24. The molecule has 1 unspecified atom stereocenters. The third-order valence-corrected chi connectivity index (χ3v) is 2.07. The van der Waals surface area contributed by atoms with E-state index in [-0.39, 0.29) is 18.0 Å². The zero-order valence-corrected chi connectivity index (χ0v) is 7.72. The minimum atomic E-state index is -0.373. The van der Waals surface area contributed by atoms with E-state index in [0.717, 1.165) is 19.3 Å². The van der Waals surface area contributed by atoms with Crippen molar-refractivity contribution in [2.45, 2.75) is 25.3 Å². The van der Waals surface area contributed by atoms with E-state index in [4.69, 9.17) is 0 Å². The van der Waals surface area contributed by atoms with E-state index in [1.165, 1.54) is 7.05 Å². The van der Waals surface area contributed by atoms with Gasteiger partial charge in [-0.05, 0) is 19.3 Å². The average molecular weight is 185 g/mol. The van der Waals surface area contributed by atoms with Crippen molar-refractivity contribution >= 4 is 11.9 Å². The Balaban J connectivity index is 2.45. The van der Waals surface area contributed by atoms with Crippen LogP contribution in [-0.4, -0.2) is 31.6 Å². The van der Waals surface area contributed by atoms with Gasteiger partial charge in [0.05, 0.1) is 0 Å². The summed E-state index contributed by atoms with van der Waals surface area (Å²) >= 11 is 0. The molecule has 0 bridgehead atoms. The fourth-order valence-corrected chi connectivity index (χ4v) is 1.31. The molecule has 5 nitrogen and oxygen atoms in total. The van der Waals surface area contributed by atoms with E-state index in [0.29, 0.717) is 6.54 Å². The standard InChI is InChI=1S/C8H15N3O2/c1-9-8(13)11-6-4-2-3-5-10-7(6)12/h6H,2-5H2,1H3,(H,10,12)(H2,9,11,13). The van der Waals surface area contributed by atoms with E-state index in [9.17, 15) is 9.59 Å².